The maximum absolute atomic E-state index is 10.7. The van der Waals surface area contributed by atoms with Crippen LogP contribution in [0.2, 0.25) is 0 Å². The van der Waals surface area contributed by atoms with E-state index in [4.69, 9.17) is 4.74 Å². The molecule has 88 valence electrons. The van der Waals surface area contributed by atoms with Gasteiger partial charge >= 0.3 is 5.97 Å². The molecule has 1 atom stereocenters. The number of aromatic nitrogens is 1. The summed E-state index contributed by atoms with van der Waals surface area (Å²) in [5.41, 5.74) is 0.250. The van der Waals surface area contributed by atoms with Crippen molar-refractivity contribution in [2.45, 2.75) is 26.9 Å². The summed E-state index contributed by atoms with van der Waals surface area (Å²) in [6.45, 7) is 5.24. The van der Waals surface area contributed by atoms with Crippen molar-refractivity contribution in [2.24, 2.45) is 5.41 Å². The Kier molecular flexibility index (Phi) is 4.01. The molecule has 0 amide bonds. The van der Waals surface area contributed by atoms with E-state index in [2.05, 4.69) is 4.98 Å². The van der Waals surface area contributed by atoms with Crippen molar-refractivity contribution in [3.63, 3.8) is 0 Å². The van der Waals surface area contributed by atoms with E-state index < -0.39 is 11.5 Å². The van der Waals surface area contributed by atoms with Crippen molar-refractivity contribution < 1.29 is 14.6 Å². The molecule has 4 nitrogen and oxygen atoms in total. The van der Waals surface area contributed by atoms with Gasteiger partial charge in [0.05, 0.1) is 12.7 Å². The van der Waals surface area contributed by atoms with Crippen LogP contribution in [0, 0.1) is 5.41 Å². The molecule has 0 unspecified atom stereocenters. The minimum Gasteiger partial charge on any atom is -0.465 e. The Labute approximate surface area is 95.3 Å². The quantitative estimate of drug-likeness (QED) is 0.789. The summed E-state index contributed by atoms with van der Waals surface area (Å²) in [5.74, 6) is -0.338. The first kappa shape index (κ1) is 12.6. The fourth-order valence-electron chi connectivity index (χ4n) is 1.36. The van der Waals surface area contributed by atoms with Gasteiger partial charge in [-0.3, -0.25) is 9.78 Å². The Bertz CT molecular complexity index is 349. The Balaban J connectivity index is 2.72. The van der Waals surface area contributed by atoms with Crippen LogP contribution >= 0.6 is 0 Å². The van der Waals surface area contributed by atoms with Crippen LogP contribution in [-0.4, -0.2) is 22.7 Å². The van der Waals surface area contributed by atoms with E-state index in [1.54, 1.807) is 24.5 Å². The number of pyridine rings is 1. The number of hydrogen-bond donors (Lipinski definition) is 1. The van der Waals surface area contributed by atoms with Gasteiger partial charge in [0.1, 0.15) is 0 Å². The molecule has 0 aliphatic heterocycles. The molecule has 0 saturated heterocycles. The normalized spacial score (nSPS) is 13.2. The maximum Gasteiger partial charge on any atom is 0.302 e. The minimum atomic E-state index is -0.685. The Morgan fingerprint density at radius 3 is 2.56 bits per heavy atom. The first-order valence-corrected chi connectivity index (χ1v) is 5.15. The standard InChI is InChI=1S/C12H17NO3/c1-9(14)16-8-12(2,3)11(15)10-4-6-13-7-5-10/h4-7,11,15H,8H2,1-3H3/t11-/m0/s1. The SMILES string of the molecule is CC(=O)OCC(C)(C)[C@@H](O)c1ccncc1. The number of carbonyl (C=O) groups is 1. The van der Waals surface area contributed by atoms with E-state index in [1.165, 1.54) is 6.92 Å². The molecule has 4 heteroatoms. The zero-order chi connectivity index (χ0) is 12.2. The van der Waals surface area contributed by atoms with Gasteiger partial charge in [-0.15, -0.1) is 0 Å². The molecule has 0 saturated carbocycles. The number of aliphatic hydroxyl groups excluding tert-OH is 1. The fraction of sp³-hybridized carbons (Fsp3) is 0.500. The predicted molar refractivity (Wildman–Crippen MR) is 59.6 cm³/mol. The largest absolute Gasteiger partial charge is 0.465 e. The number of carbonyl (C=O) groups excluding carboxylic acids is 1. The van der Waals surface area contributed by atoms with Crippen molar-refractivity contribution >= 4 is 5.97 Å². The van der Waals surface area contributed by atoms with Crippen LogP contribution in [0.25, 0.3) is 0 Å². The van der Waals surface area contributed by atoms with Crippen LogP contribution in [0.1, 0.15) is 32.4 Å². The summed E-state index contributed by atoms with van der Waals surface area (Å²) in [6.07, 6.45) is 2.57. The molecule has 1 rings (SSSR count). The summed E-state index contributed by atoms with van der Waals surface area (Å²) in [7, 11) is 0. The van der Waals surface area contributed by atoms with Crippen molar-refractivity contribution in [2.75, 3.05) is 6.61 Å². The summed E-state index contributed by atoms with van der Waals surface area (Å²) in [4.78, 5) is 14.6. The molecule has 0 aliphatic rings. The highest BCUT2D eigenvalue weighted by Gasteiger charge is 2.30. The second-order valence-electron chi connectivity index (χ2n) is 4.45. The highest BCUT2D eigenvalue weighted by molar-refractivity contribution is 5.65. The minimum absolute atomic E-state index is 0.186. The predicted octanol–water partition coefficient (Wildman–Crippen LogP) is 1.70. The highest BCUT2D eigenvalue weighted by Crippen LogP contribution is 2.33. The molecule has 1 aromatic rings. The lowest BCUT2D eigenvalue weighted by molar-refractivity contribution is -0.146. The molecule has 0 fully saturated rings. The van der Waals surface area contributed by atoms with Gasteiger partial charge in [-0.25, -0.2) is 0 Å². The molecule has 1 N–H and O–H groups in total. The third-order valence-electron chi connectivity index (χ3n) is 2.41. The van der Waals surface area contributed by atoms with Gasteiger partial charge in [0.15, 0.2) is 0 Å². The lowest BCUT2D eigenvalue weighted by Crippen LogP contribution is -2.28. The molecule has 1 aromatic heterocycles. The highest BCUT2D eigenvalue weighted by atomic mass is 16.5. The zero-order valence-corrected chi connectivity index (χ0v) is 9.80. The summed E-state index contributed by atoms with van der Waals surface area (Å²) in [6, 6.07) is 3.50. The molecule has 0 spiro atoms. The van der Waals surface area contributed by atoms with Gasteiger partial charge in [0.2, 0.25) is 0 Å². The molecule has 16 heavy (non-hydrogen) atoms. The fourth-order valence-corrected chi connectivity index (χ4v) is 1.36. The van der Waals surface area contributed by atoms with Gasteiger partial charge in [0.25, 0.3) is 0 Å². The number of esters is 1. The van der Waals surface area contributed by atoms with Crippen LogP contribution in [0.5, 0.6) is 0 Å². The number of aliphatic hydroxyl groups is 1. The molecule has 0 aliphatic carbocycles. The molecule has 0 bridgehead atoms. The second kappa shape index (κ2) is 5.07. The molecule has 0 aromatic carbocycles. The lowest BCUT2D eigenvalue weighted by Gasteiger charge is -2.29. The van der Waals surface area contributed by atoms with E-state index in [9.17, 15) is 9.90 Å². The lowest BCUT2D eigenvalue weighted by atomic mass is 9.84. The topological polar surface area (TPSA) is 59.4 Å². The van der Waals surface area contributed by atoms with E-state index in [0.717, 1.165) is 5.56 Å². The van der Waals surface area contributed by atoms with E-state index in [-0.39, 0.29) is 12.6 Å². The van der Waals surface area contributed by atoms with Crippen molar-refractivity contribution in [3.8, 4) is 0 Å². The van der Waals surface area contributed by atoms with E-state index >= 15 is 0 Å². The third kappa shape index (κ3) is 3.31. The number of ether oxygens (including phenoxy) is 1. The summed E-state index contributed by atoms with van der Waals surface area (Å²) in [5, 5.41) is 10.1. The average Bonchev–Trinajstić information content (AvgIpc) is 2.27. The van der Waals surface area contributed by atoms with Gasteiger partial charge in [-0.2, -0.15) is 0 Å². The van der Waals surface area contributed by atoms with E-state index in [1.807, 2.05) is 13.8 Å². The smallest absolute Gasteiger partial charge is 0.302 e. The van der Waals surface area contributed by atoms with Crippen molar-refractivity contribution in [1.29, 1.82) is 0 Å². The van der Waals surface area contributed by atoms with Gasteiger partial charge in [0, 0.05) is 24.7 Å². The second-order valence-corrected chi connectivity index (χ2v) is 4.45. The Morgan fingerprint density at radius 2 is 2.06 bits per heavy atom. The summed E-state index contributed by atoms with van der Waals surface area (Å²) >= 11 is 0. The number of nitrogens with zero attached hydrogens (tertiary/aromatic N) is 1. The van der Waals surface area contributed by atoms with Crippen LogP contribution < -0.4 is 0 Å². The Morgan fingerprint density at radius 1 is 1.50 bits per heavy atom. The van der Waals surface area contributed by atoms with Crippen molar-refractivity contribution in [3.05, 3.63) is 30.1 Å². The van der Waals surface area contributed by atoms with Gasteiger partial charge < -0.3 is 9.84 Å². The molecule has 0 radical (unpaired) electrons. The Hall–Kier alpha value is -1.42. The zero-order valence-electron chi connectivity index (χ0n) is 9.80. The van der Waals surface area contributed by atoms with Crippen LogP contribution in [0.15, 0.2) is 24.5 Å². The molecular weight excluding hydrogens is 206 g/mol. The number of hydrogen-bond acceptors (Lipinski definition) is 4. The van der Waals surface area contributed by atoms with Gasteiger partial charge in [-0.1, -0.05) is 13.8 Å². The van der Waals surface area contributed by atoms with E-state index in [0.29, 0.717) is 0 Å². The van der Waals surface area contributed by atoms with Crippen molar-refractivity contribution in [1.82, 2.24) is 4.98 Å². The van der Waals surface area contributed by atoms with Crippen LogP contribution in [0.3, 0.4) is 0 Å². The number of rotatable bonds is 4. The van der Waals surface area contributed by atoms with Crippen LogP contribution in [-0.2, 0) is 9.53 Å². The van der Waals surface area contributed by atoms with Crippen LogP contribution in [0.4, 0.5) is 0 Å². The third-order valence-corrected chi connectivity index (χ3v) is 2.41. The monoisotopic (exact) mass is 223 g/mol. The first-order valence-electron chi connectivity index (χ1n) is 5.15. The summed E-state index contributed by atoms with van der Waals surface area (Å²) < 4.78 is 4.93. The maximum atomic E-state index is 10.7. The first-order chi connectivity index (χ1) is 7.43. The van der Waals surface area contributed by atoms with Gasteiger partial charge in [-0.05, 0) is 17.7 Å². The molecular formula is C12H17NO3. The average molecular weight is 223 g/mol. The molecule has 1 heterocycles.